The Kier molecular flexibility index (Phi) is 3.41. The van der Waals surface area contributed by atoms with Crippen LogP contribution >= 0.6 is 11.8 Å². The molecule has 1 aromatic carbocycles. The Balaban J connectivity index is 2.05. The third kappa shape index (κ3) is 2.73. The highest BCUT2D eigenvalue weighted by Gasteiger charge is 2.02. The van der Waals surface area contributed by atoms with Crippen LogP contribution in [0.3, 0.4) is 0 Å². The summed E-state index contributed by atoms with van der Waals surface area (Å²) in [6.07, 6.45) is 1.75. The summed E-state index contributed by atoms with van der Waals surface area (Å²) in [5.41, 5.74) is 7.16. The van der Waals surface area contributed by atoms with Gasteiger partial charge in [-0.2, -0.15) is 0 Å². The Bertz CT molecular complexity index is 474. The number of thioether (sulfide) groups is 1. The molecule has 0 amide bonds. The Labute approximate surface area is 97.7 Å². The molecule has 16 heavy (non-hydrogen) atoms. The van der Waals surface area contributed by atoms with Crippen molar-refractivity contribution in [2.24, 2.45) is 0 Å². The van der Waals surface area contributed by atoms with Gasteiger partial charge < -0.3 is 5.73 Å². The number of hydrogen-bond donors (Lipinski definition) is 1. The van der Waals surface area contributed by atoms with Crippen molar-refractivity contribution in [1.82, 2.24) is 4.98 Å². The number of nitrogen functional groups attached to an aromatic ring is 1. The van der Waals surface area contributed by atoms with Crippen LogP contribution in [0.2, 0.25) is 0 Å². The van der Waals surface area contributed by atoms with Gasteiger partial charge in [-0.1, -0.05) is 6.07 Å². The van der Waals surface area contributed by atoms with Gasteiger partial charge in [-0.15, -0.1) is 11.8 Å². The second-order valence-corrected chi connectivity index (χ2v) is 4.31. The third-order valence-corrected chi connectivity index (χ3v) is 3.20. The van der Waals surface area contributed by atoms with E-state index in [4.69, 9.17) is 5.73 Å². The van der Waals surface area contributed by atoms with Crippen molar-refractivity contribution in [1.29, 1.82) is 0 Å². The van der Waals surface area contributed by atoms with Crippen molar-refractivity contribution in [2.75, 3.05) is 5.73 Å². The van der Waals surface area contributed by atoms with Gasteiger partial charge in [-0.3, -0.25) is 4.98 Å². The summed E-state index contributed by atoms with van der Waals surface area (Å²) in [6, 6.07) is 10.2. The van der Waals surface area contributed by atoms with Crippen molar-refractivity contribution in [3.63, 3.8) is 0 Å². The number of aromatic nitrogens is 1. The molecule has 0 atom stereocenters. The lowest BCUT2D eigenvalue weighted by Crippen LogP contribution is -1.91. The molecule has 1 aromatic heterocycles. The van der Waals surface area contributed by atoms with E-state index in [1.54, 1.807) is 24.0 Å². The fourth-order valence-corrected chi connectivity index (χ4v) is 2.15. The molecule has 0 radical (unpaired) electrons. The van der Waals surface area contributed by atoms with Crippen LogP contribution in [0, 0.1) is 5.82 Å². The summed E-state index contributed by atoms with van der Waals surface area (Å²) in [5.74, 6) is 0.427. The summed E-state index contributed by atoms with van der Waals surface area (Å²) in [7, 11) is 0. The van der Waals surface area contributed by atoms with Crippen molar-refractivity contribution in [3.8, 4) is 0 Å². The summed E-state index contributed by atoms with van der Waals surface area (Å²) in [5, 5.41) is 0. The zero-order chi connectivity index (χ0) is 11.4. The van der Waals surface area contributed by atoms with Gasteiger partial charge in [0.25, 0.3) is 0 Å². The van der Waals surface area contributed by atoms with E-state index in [1.165, 1.54) is 12.1 Å². The van der Waals surface area contributed by atoms with E-state index in [2.05, 4.69) is 4.98 Å². The molecule has 82 valence electrons. The molecule has 1 heterocycles. The zero-order valence-corrected chi connectivity index (χ0v) is 9.38. The minimum absolute atomic E-state index is 0.306. The van der Waals surface area contributed by atoms with Gasteiger partial charge in [0, 0.05) is 22.5 Å². The topological polar surface area (TPSA) is 38.9 Å². The lowest BCUT2D eigenvalue weighted by molar-refractivity contribution is 0.627. The fraction of sp³-hybridized carbons (Fsp3) is 0.0833. The average molecular weight is 234 g/mol. The number of rotatable bonds is 3. The second-order valence-electron chi connectivity index (χ2n) is 3.29. The molecule has 0 aliphatic carbocycles. The van der Waals surface area contributed by atoms with Crippen LogP contribution < -0.4 is 5.73 Å². The van der Waals surface area contributed by atoms with Crippen molar-refractivity contribution < 1.29 is 4.39 Å². The highest BCUT2D eigenvalue weighted by Crippen LogP contribution is 2.27. The van der Waals surface area contributed by atoms with Gasteiger partial charge in [0.15, 0.2) is 0 Å². The van der Waals surface area contributed by atoms with E-state index < -0.39 is 0 Å². The molecule has 0 unspecified atom stereocenters. The molecule has 0 aliphatic heterocycles. The maximum absolute atomic E-state index is 12.8. The van der Waals surface area contributed by atoms with Crippen LogP contribution in [0.15, 0.2) is 47.5 Å². The minimum Gasteiger partial charge on any atom is -0.398 e. The predicted octanol–water partition coefficient (Wildman–Crippen LogP) is 3.10. The molecule has 0 fully saturated rings. The first-order valence-corrected chi connectivity index (χ1v) is 5.82. The number of anilines is 1. The molecule has 2 aromatic rings. The largest absolute Gasteiger partial charge is 0.398 e. The molecule has 2 rings (SSSR count). The first-order valence-electron chi connectivity index (χ1n) is 4.83. The van der Waals surface area contributed by atoms with Crippen LogP contribution in [-0.2, 0) is 5.75 Å². The number of hydrogen-bond acceptors (Lipinski definition) is 3. The van der Waals surface area contributed by atoms with Gasteiger partial charge >= 0.3 is 0 Å². The number of halogens is 1. The van der Waals surface area contributed by atoms with Gasteiger partial charge in [-0.05, 0) is 30.3 Å². The molecule has 0 saturated heterocycles. The molecular weight excluding hydrogens is 223 g/mol. The highest BCUT2D eigenvalue weighted by atomic mass is 32.2. The molecule has 2 nitrogen and oxygen atoms in total. The maximum atomic E-state index is 12.8. The quantitative estimate of drug-likeness (QED) is 0.655. The van der Waals surface area contributed by atoms with Gasteiger partial charge in [0.1, 0.15) is 5.82 Å². The first-order chi connectivity index (χ1) is 7.75. The third-order valence-electron chi connectivity index (χ3n) is 2.07. The summed E-state index contributed by atoms with van der Waals surface area (Å²) in [6.45, 7) is 0. The smallest absolute Gasteiger partial charge is 0.125 e. The Morgan fingerprint density at radius 1 is 1.25 bits per heavy atom. The van der Waals surface area contributed by atoms with Crippen LogP contribution in [0.1, 0.15) is 5.69 Å². The molecule has 0 bridgehead atoms. The number of nitrogens with zero attached hydrogens (tertiary/aromatic N) is 1. The number of nitrogens with two attached hydrogens (primary N) is 1. The Hall–Kier alpha value is -1.55. The van der Waals surface area contributed by atoms with E-state index in [0.29, 0.717) is 5.69 Å². The maximum Gasteiger partial charge on any atom is 0.125 e. The standard InChI is InChI=1S/C12H11FN2S/c13-9-4-5-12(11(14)7-9)16-8-10-3-1-2-6-15-10/h1-7H,8,14H2. The van der Waals surface area contributed by atoms with Crippen LogP contribution in [0.25, 0.3) is 0 Å². The van der Waals surface area contributed by atoms with E-state index in [1.807, 2.05) is 18.2 Å². The molecule has 2 N–H and O–H groups in total. The van der Waals surface area contributed by atoms with E-state index in [0.717, 1.165) is 16.3 Å². The average Bonchev–Trinajstić information content (AvgIpc) is 2.29. The lowest BCUT2D eigenvalue weighted by atomic mass is 10.3. The summed E-state index contributed by atoms with van der Waals surface area (Å²) in [4.78, 5) is 5.09. The SMILES string of the molecule is Nc1cc(F)ccc1SCc1ccccn1. The van der Waals surface area contributed by atoms with Gasteiger partial charge in [0.05, 0.1) is 5.69 Å². The Morgan fingerprint density at radius 2 is 2.12 bits per heavy atom. The summed E-state index contributed by atoms with van der Waals surface area (Å²) >= 11 is 1.55. The molecule has 4 heteroatoms. The van der Waals surface area contributed by atoms with Crippen molar-refractivity contribution in [2.45, 2.75) is 10.6 Å². The van der Waals surface area contributed by atoms with E-state index in [9.17, 15) is 4.39 Å². The van der Waals surface area contributed by atoms with E-state index >= 15 is 0 Å². The van der Waals surface area contributed by atoms with Crippen molar-refractivity contribution in [3.05, 3.63) is 54.1 Å². The summed E-state index contributed by atoms with van der Waals surface area (Å²) < 4.78 is 12.8. The molecule has 0 spiro atoms. The van der Waals surface area contributed by atoms with Crippen LogP contribution in [0.5, 0.6) is 0 Å². The highest BCUT2D eigenvalue weighted by molar-refractivity contribution is 7.98. The van der Waals surface area contributed by atoms with E-state index in [-0.39, 0.29) is 5.82 Å². The monoisotopic (exact) mass is 234 g/mol. The second kappa shape index (κ2) is 4.99. The predicted molar refractivity (Wildman–Crippen MR) is 64.6 cm³/mol. The van der Waals surface area contributed by atoms with Crippen LogP contribution in [-0.4, -0.2) is 4.98 Å². The number of pyridine rings is 1. The lowest BCUT2D eigenvalue weighted by Gasteiger charge is -2.04. The number of benzene rings is 1. The van der Waals surface area contributed by atoms with Crippen molar-refractivity contribution >= 4 is 17.4 Å². The van der Waals surface area contributed by atoms with Gasteiger partial charge in [-0.25, -0.2) is 4.39 Å². The van der Waals surface area contributed by atoms with Gasteiger partial charge in [0.2, 0.25) is 0 Å². The molecular formula is C12H11FN2S. The Morgan fingerprint density at radius 3 is 2.81 bits per heavy atom. The first kappa shape index (κ1) is 11.0. The normalized spacial score (nSPS) is 10.3. The minimum atomic E-state index is -0.306. The fourth-order valence-electron chi connectivity index (χ4n) is 1.29. The molecule has 0 saturated carbocycles. The molecule has 0 aliphatic rings. The van der Waals surface area contributed by atoms with Crippen LogP contribution in [0.4, 0.5) is 10.1 Å². The zero-order valence-electron chi connectivity index (χ0n) is 8.56.